The number of alkyl halides is 1. The highest BCUT2D eigenvalue weighted by Crippen LogP contribution is 2.29. The highest BCUT2D eigenvalue weighted by Gasteiger charge is 2.23. The van der Waals surface area contributed by atoms with E-state index in [2.05, 4.69) is 27.8 Å². The predicted octanol–water partition coefficient (Wildman–Crippen LogP) is 2.89. The predicted molar refractivity (Wildman–Crippen MR) is 57.9 cm³/mol. The molecule has 12 heavy (non-hydrogen) atoms. The normalized spacial score (nSPS) is 17.2. The molecular formula is C10H20BrN. The maximum Gasteiger partial charge on any atom is 0.00317 e. The van der Waals surface area contributed by atoms with E-state index in [0.717, 1.165) is 11.2 Å². The fraction of sp³-hybridized carbons (Fsp3) is 1.00. The fourth-order valence-corrected chi connectivity index (χ4v) is 1.87. The lowest BCUT2D eigenvalue weighted by atomic mass is 10.3. The van der Waals surface area contributed by atoms with E-state index in [9.17, 15) is 0 Å². The van der Waals surface area contributed by atoms with Gasteiger partial charge in [0.1, 0.15) is 0 Å². The smallest absolute Gasteiger partial charge is 0.00317 e. The average molecular weight is 234 g/mol. The molecule has 0 aromatic rings. The van der Waals surface area contributed by atoms with Crippen LogP contribution in [0.5, 0.6) is 0 Å². The Morgan fingerprint density at radius 1 is 1.33 bits per heavy atom. The van der Waals surface area contributed by atoms with Crippen molar-refractivity contribution in [3.05, 3.63) is 0 Å². The minimum Gasteiger partial charge on any atom is -0.303 e. The Kier molecular flexibility index (Phi) is 5.24. The summed E-state index contributed by atoms with van der Waals surface area (Å²) in [6.45, 7) is 6.17. The summed E-state index contributed by atoms with van der Waals surface area (Å²) in [5.74, 6) is 1.05. The topological polar surface area (TPSA) is 3.24 Å². The van der Waals surface area contributed by atoms with Crippen LogP contribution in [-0.2, 0) is 0 Å². The van der Waals surface area contributed by atoms with Gasteiger partial charge in [0.25, 0.3) is 0 Å². The molecule has 0 aromatic carbocycles. The molecule has 2 heteroatoms. The van der Waals surface area contributed by atoms with E-state index in [0.29, 0.717) is 0 Å². The van der Waals surface area contributed by atoms with Crippen LogP contribution in [0.1, 0.15) is 32.6 Å². The zero-order chi connectivity index (χ0) is 8.81. The second-order valence-corrected chi connectivity index (χ2v) is 4.53. The van der Waals surface area contributed by atoms with Crippen molar-refractivity contribution in [1.29, 1.82) is 0 Å². The van der Waals surface area contributed by atoms with Crippen LogP contribution in [0.15, 0.2) is 0 Å². The molecule has 1 fully saturated rings. The van der Waals surface area contributed by atoms with Gasteiger partial charge in [0.15, 0.2) is 0 Å². The van der Waals surface area contributed by atoms with E-state index in [1.165, 1.54) is 45.3 Å². The van der Waals surface area contributed by atoms with Crippen LogP contribution in [0.4, 0.5) is 0 Å². The van der Waals surface area contributed by atoms with Gasteiger partial charge >= 0.3 is 0 Å². The number of nitrogens with zero attached hydrogens (tertiary/aromatic N) is 1. The quantitative estimate of drug-likeness (QED) is 0.483. The summed E-state index contributed by atoms with van der Waals surface area (Å²) in [4.78, 5) is 2.60. The third-order valence-electron chi connectivity index (χ3n) is 2.52. The van der Waals surface area contributed by atoms with E-state index in [1.54, 1.807) is 0 Å². The summed E-state index contributed by atoms with van der Waals surface area (Å²) >= 11 is 3.47. The average Bonchev–Trinajstić information content (AvgIpc) is 2.87. The molecule has 0 saturated heterocycles. The van der Waals surface area contributed by atoms with Crippen LogP contribution in [0.2, 0.25) is 0 Å². The SMILES string of the molecule is CCN(CCCCBr)CC1CC1. The van der Waals surface area contributed by atoms with Gasteiger partial charge in [-0.3, -0.25) is 0 Å². The summed E-state index contributed by atoms with van der Waals surface area (Å²) in [6.07, 6.45) is 5.64. The van der Waals surface area contributed by atoms with Gasteiger partial charge in [-0.2, -0.15) is 0 Å². The van der Waals surface area contributed by atoms with Crippen molar-refractivity contribution in [3.63, 3.8) is 0 Å². The molecule has 0 bridgehead atoms. The monoisotopic (exact) mass is 233 g/mol. The largest absolute Gasteiger partial charge is 0.303 e. The molecule has 1 rings (SSSR count). The Morgan fingerprint density at radius 2 is 2.08 bits per heavy atom. The molecule has 0 heterocycles. The summed E-state index contributed by atoms with van der Waals surface area (Å²) in [5, 5.41) is 1.16. The Morgan fingerprint density at radius 3 is 2.58 bits per heavy atom. The maximum absolute atomic E-state index is 3.47. The van der Waals surface area contributed by atoms with Gasteiger partial charge in [0.2, 0.25) is 0 Å². The first-order valence-corrected chi connectivity index (χ1v) is 6.27. The Bertz CT molecular complexity index is 112. The standard InChI is InChI=1S/C10H20BrN/c1-2-12(8-4-3-7-11)9-10-5-6-10/h10H,2-9H2,1H3. The van der Waals surface area contributed by atoms with E-state index < -0.39 is 0 Å². The molecule has 1 aliphatic rings. The number of rotatable bonds is 7. The van der Waals surface area contributed by atoms with Gasteiger partial charge < -0.3 is 4.90 Å². The van der Waals surface area contributed by atoms with E-state index >= 15 is 0 Å². The van der Waals surface area contributed by atoms with Crippen LogP contribution in [0, 0.1) is 5.92 Å². The second kappa shape index (κ2) is 5.98. The third kappa shape index (κ3) is 4.46. The lowest BCUT2D eigenvalue weighted by molar-refractivity contribution is 0.272. The molecule has 0 radical (unpaired) electrons. The van der Waals surface area contributed by atoms with Crippen LogP contribution in [-0.4, -0.2) is 29.9 Å². The molecule has 0 amide bonds. The summed E-state index contributed by atoms with van der Waals surface area (Å²) in [6, 6.07) is 0. The first-order valence-electron chi connectivity index (χ1n) is 5.15. The van der Waals surface area contributed by atoms with Crippen LogP contribution in [0.3, 0.4) is 0 Å². The van der Waals surface area contributed by atoms with E-state index in [1.807, 2.05) is 0 Å². The van der Waals surface area contributed by atoms with Crippen molar-refractivity contribution in [2.45, 2.75) is 32.6 Å². The number of halogens is 1. The summed E-state index contributed by atoms with van der Waals surface area (Å²) < 4.78 is 0. The number of unbranched alkanes of at least 4 members (excludes halogenated alkanes) is 1. The molecule has 0 N–H and O–H groups in total. The zero-order valence-corrected chi connectivity index (χ0v) is 9.65. The third-order valence-corrected chi connectivity index (χ3v) is 3.08. The first-order chi connectivity index (χ1) is 5.86. The van der Waals surface area contributed by atoms with Crippen molar-refractivity contribution in [2.75, 3.05) is 25.0 Å². The lowest BCUT2D eigenvalue weighted by Gasteiger charge is -2.19. The van der Waals surface area contributed by atoms with Crippen LogP contribution < -0.4 is 0 Å². The van der Waals surface area contributed by atoms with Crippen molar-refractivity contribution in [3.8, 4) is 0 Å². The minimum absolute atomic E-state index is 1.05. The molecule has 0 spiro atoms. The molecule has 0 atom stereocenters. The van der Waals surface area contributed by atoms with Crippen molar-refractivity contribution >= 4 is 15.9 Å². The molecule has 0 aliphatic heterocycles. The van der Waals surface area contributed by atoms with Crippen molar-refractivity contribution in [1.82, 2.24) is 4.90 Å². The molecule has 0 aromatic heterocycles. The molecule has 0 unspecified atom stereocenters. The van der Waals surface area contributed by atoms with Crippen LogP contribution >= 0.6 is 15.9 Å². The fourth-order valence-electron chi connectivity index (χ4n) is 1.47. The van der Waals surface area contributed by atoms with Gasteiger partial charge in [-0.25, -0.2) is 0 Å². The van der Waals surface area contributed by atoms with Gasteiger partial charge in [0, 0.05) is 11.9 Å². The number of hydrogen-bond acceptors (Lipinski definition) is 1. The van der Waals surface area contributed by atoms with Crippen LogP contribution in [0.25, 0.3) is 0 Å². The molecule has 1 saturated carbocycles. The minimum atomic E-state index is 1.05. The Hall–Kier alpha value is 0.440. The van der Waals surface area contributed by atoms with Gasteiger partial charge in [-0.1, -0.05) is 22.9 Å². The Balaban J connectivity index is 1.98. The summed E-state index contributed by atoms with van der Waals surface area (Å²) in [5.41, 5.74) is 0. The van der Waals surface area contributed by atoms with Crippen molar-refractivity contribution < 1.29 is 0 Å². The van der Waals surface area contributed by atoms with E-state index in [-0.39, 0.29) is 0 Å². The molecular weight excluding hydrogens is 214 g/mol. The highest BCUT2D eigenvalue weighted by molar-refractivity contribution is 9.09. The molecule has 1 nitrogen and oxygen atoms in total. The summed E-state index contributed by atoms with van der Waals surface area (Å²) in [7, 11) is 0. The molecule has 1 aliphatic carbocycles. The van der Waals surface area contributed by atoms with E-state index in [4.69, 9.17) is 0 Å². The molecule has 72 valence electrons. The lowest BCUT2D eigenvalue weighted by Crippen LogP contribution is -2.26. The maximum atomic E-state index is 3.47. The number of hydrogen-bond donors (Lipinski definition) is 0. The second-order valence-electron chi connectivity index (χ2n) is 3.73. The first kappa shape index (κ1) is 10.5. The van der Waals surface area contributed by atoms with Gasteiger partial charge in [-0.05, 0) is 44.7 Å². The van der Waals surface area contributed by atoms with Crippen molar-refractivity contribution in [2.24, 2.45) is 5.92 Å². The Labute approximate surface area is 84.6 Å². The van der Waals surface area contributed by atoms with Gasteiger partial charge in [0.05, 0.1) is 0 Å². The zero-order valence-electron chi connectivity index (χ0n) is 8.06. The van der Waals surface area contributed by atoms with Gasteiger partial charge in [-0.15, -0.1) is 0 Å². The highest BCUT2D eigenvalue weighted by atomic mass is 79.9.